The zero-order chi connectivity index (χ0) is 6.69. The van der Waals surface area contributed by atoms with Crippen LogP contribution in [0, 0.1) is 0 Å². The molecule has 0 aromatic rings. The number of aldehydes is 1. The van der Waals surface area contributed by atoms with Gasteiger partial charge in [-0.05, 0) is 6.08 Å². The van der Waals surface area contributed by atoms with Crippen LogP contribution < -0.4 is 0 Å². The zero-order valence-electron chi connectivity index (χ0n) is 4.83. The molecule has 0 fully saturated rings. The van der Waals surface area contributed by atoms with Crippen molar-refractivity contribution in [2.45, 2.75) is 6.42 Å². The minimum absolute atomic E-state index is 0.726. The largest absolute Gasteiger partial charge is 0.298 e. The molecule has 0 aromatic carbocycles. The van der Waals surface area contributed by atoms with Gasteiger partial charge in [0.15, 0.2) is 0 Å². The Kier molecular flexibility index (Phi) is 1.90. The van der Waals surface area contributed by atoms with Crippen LogP contribution in [0.25, 0.3) is 0 Å². The molecule has 1 rings (SSSR count). The standard InChI is InChI=1S/C7H6OS/c8-5-6-1-3-7(9)4-2-6/h1-3,5H,4H2. The third kappa shape index (κ3) is 1.57. The molecule has 0 unspecified atom stereocenters. The first-order chi connectivity index (χ1) is 4.33. The Morgan fingerprint density at radius 2 is 2.33 bits per heavy atom. The maximum atomic E-state index is 10.1. The van der Waals surface area contributed by atoms with E-state index in [-0.39, 0.29) is 0 Å². The topological polar surface area (TPSA) is 17.1 Å². The number of hydrogen-bond acceptors (Lipinski definition) is 2. The van der Waals surface area contributed by atoms with Gasteiger partial charge < -0.3 is 0 Å². The Hall–Kier alpha value is -0.760. The molecule has 0 atom stereocenters. The molecule has 9 heavy (non-hydrogen) atoms. The lowest BCUT2D eigenvalue weighted by molar-refractivity contribution is -0.104. The lowest BCUT2D eigenvalue weighted by atomic mass is 10.1. The molecule has 0 saturated heterocycles. The predicted octanol–water partition coefficient (Wildman–Crippen LogP) is 1.44. The molecule has 46 valence electrons. The van der Waals surface area contributed by atoms with Crippen LogP contribution in [0.3, 0.4) is 0 Å². The molecule has 0 amide bonds. The highest BCUT2D eigenvalue weighted by molar-refractivity contribution is 7.80. The molecule has 0 aliphatic heterocycles. The van der Waals surface area contributed by atoms with Crippen molar-refractivity contribution in [1.82, 2.24) is 0 Å². The third-order valence-electron chi connectivity index (χ3n) is 1.14. The summed E-state index contributed by atoms with van der Waals surface area (Å²) in [5, 5.41) is 0. The number of thiocarbonyl (C=S) groups is 1. The monoisotopic (exact) mass is 138 g/mol. The lowest BCUT2D eigenvalue weighted by Crippen LogP contribution is -1.94. The summed E-state index contributed by atoms with van der Waals surface area (Å²) in [5.41, 5.74) is 0.726. The van der Waals surface area contributed by atoms with E-state index in [0.29, 0.717) is 0 Å². The molecule has 0 radical (unpaired) electrons. The second kappa shape index (κ2) is 2.69. The first kappa shape index (κ1) is 6.36. The highest BCUT2D eigenvalue weighted by Crippen LogP contribution is 2.04. The van der Waals surface area contributed by atoms with Gasteiger partial charge in [-0.3, -0.25) is 4.79 Å². The van der Waals surface area contributed by atoms with Gasteiger partial charge >= 0.3 is 0 Å². The van der Waals surface area contributed by atoms with Gasteiger partial charge in [0.05, 0.1) is 0 Å². The molecule has 0 N–H and O–H groups in total. The van der Waals surface area contributed by atoms with Gasteiger partial charge in [0.25, 0.3) is 0 Å². The lowest BCUT2D eigenvalue weighted by Gasteiger charge is -1.98. The molecular formula is C7H6OS. The summed E-state index contributed by atoms with van der Waals surface area (Å²) >= 11 is 4.86. The van der Waals surface area contributed by atoms with E-state index >= 15 is 0 Å². The van der Waals surface area contributed by atoms with E-state index in [9.17, 15) is 4.79 Å². The highest BCUT2D eigenvalue weighted by atomic mass is 32.1. The SMILES string of the molecule is O=CC1=CCC(=S)C=C1. The van der Waals surface area contributed by atoms with E-state index in [1.54, 1.807) is 12.2 Å². The van der Waals surface area contributed by atoms with E-state index < -0.39 is 0 Å². The molecule has 2 heteroatoms. The summed E-state index contributed by atoms with van der Waals surface area (Å²) in [5.74, 6) is 0. The summed E-state index contributed by atoms with van der Waals surface area (Å²) in [6, 6.07) is 0. The first-order valence-corrected chi connectivity index (χ1v) is 3.10. The maximum Gasteiger partial charge on any atom is 0.149 e. The van der Waals surface area contributed by atoms with E-state index in [0.717, 1.165) is 23.1 Å². The number of hydrogen-bond donors (Lipinski definition) is 0. The van der Waals surface area contributed by atoms with Crippen molar-refractivity contribution < 1.29 is 4.79 Å². The van der Waals surface area contributed by atoms with Crippen LogP contribution in [0.2, 0.25) is 0 Å². The highest BCUT2D eigenvalue weighted by Gasteiger charge is 1.97. The van der Waals surface area contributed by atoms with Crippen LogP contribution >= 0.6 is 12.2 Å². The number of allylic oxidation sites excluding steroid dienone is 4. The second-order valence-electron chi connectivity index (χ2n) is 1.83. The van der Waals surface area contributed by atoms with Crippen LogP contribution in [0.15, 0.2) is 23.8 Å². The molecule has 0 aromatic heterocycles. The van der Waals surface area contributed by atoms with Crippen LogP contribution in [0.5, 0.6) is 0 Å². The van der Waals surface area contributed by atoms with E-state index in [2.05, 4.69) is 0 Å². The Morgan fingerprint density at radius 1 is 1.56 bits per heavy atom. The molecule has 1 aliphatic carbocycles. The Labute approximate surface area is 59.1 Å². The second-order valence-corrected chi connectivity index (χ2v) is 2.35. The summed E-state index contributed by atoms with van der Waals surface area (Å²) in [6.07, 6.45) is 6.92. The van der Waals surface area contributed by atoms with Crippen molar-refractivity contribution in [3.63, 3.8) is 0 Å². The van der Waals surface area contributed by atoms with Crippen molar-refractivity contribution in [2.24, 2.45) is 0 Å². The van der Waals surface area contributed by atoms with Crippen molar-refractivity contribution >= 4 is 23.4 Å². The van der Waals surface area contributed by atoms with E-state index in [4.69, 9.17) is 12.2 Å². The van der Waals surface area contributed by atoms with Crippen LogP contribution in [-0.4, -0.2) is 11.2 Å². The Morgan fingerprint density at radius 3 is 2.78 bits per heavy atom. The van der Waals surface area contributed by atoms with E-state index in [1.165, 1.54) is 0 Å². The first-order valence-electron chi connectivity index (χ1n) is 2.69. The van der Waals surface area contributed by atoms with Crippen LogP contribution in [-0.2, 0) is 4.79 Å². The normalized spacial score (nSPS) is 17.3. The summed E-state index contributed by atoms with van der Waals surface area (Å²) in [6.45, 7) is 0. The van der Waals surface area contributed by atoms with Gasteiger partial charge in [0.1, 0.15) is 6.29 Å². The third-order valence-corrected chi connectivity index (χ3v) is 1.44. The predicted molar refractivity (Wildman–Crippen MR) is 40.5 cm³/mol. The smallest absolute Gasteiger partial charge is 0.149 e. The van der Waals surface area contributed by atoms with Gasteiger partial charge in [0, 0.05) is 16.9 Å². The van der Waals surface area contributed by atoms with Crippen molar-refractivity contribution in [2.75, 3.05) is 0 Å². The molecule has 0 saturated carbocycles. The van der Waals surface area contributed by atoms with Gasteiger partial charge in [0.2, 0.25) is 0 Å². The van der Waals surface area contributed by atoms with Crippen molar-refractivity contribution in [3.8, 4) is 0 Å². The average molecular weight is 138 g/mol. The minimum Gasteiger partial charge on any atom is -0.298 e. The van der Waals surface area contributed by atoms with Crippen LogP contribution in [0.4, 0.5) is 0 Å². The number of carbonyl (C=O) groups is 1. The Balaban J connectivity index is 2.73. The number of rotatable bonds is 1. The maximum absolute atomic E-state index is 10.1. The molecule has 0 bridgehead atoms. The van der Waals surface area contributed by atoms with Crippen LogP contribution in [0.1, 0.15) is 6.42 Å². The fourth-order valence-electron chi connectivity index (χ4n) is 0.631. The van der Waals surface area contributed by atoms with Gasteiger partial charge in [-0.25, -0.2) is 0 Å². The molecule has 1 aliphatic rings. The zero-order valence-corrected chi connectivity index (χ0v) is 5.65. The summed E-state index contributed by atoms with van der Waals surface area (Å²) < 4.78 is 0. The molecular weight excluding hydrogens is 132 g/mol. The van der Waals surface area contributed by atoms with E-state index in [1.807, 2.05) is 6.08 Å². The number of carbonyl (C=O) groups excluding carboxylic acids is 1. The van der Waals surface area contributed by atoms with Gasteiger partial charge in [-0.2, -0.15) is 0 Å². The molecule has 0 spiro atoms. The molecule has 0 heterocycles. The van der Waals surface area contributed by atoms with Gasteiger partial charge in [-0.15, -0.1) is 0 Å². The summed E-state index contributed by atoms with van der Waals surface area (Å²) in [7, 11) is 0. The minimum atomic E-state index is 0.726. The molecule has 1 nitrogen and oxygen atoms in total. The fraction of sp³-hybridized carbons (Fsp3) is 0.143. The Bertz CT molecular complexity index is 201. The van der Waals surface area contributed by atoms with Crippen molar-refractivity contribution in [3.05, 3.63) is 23.8 Å². The fourth-order valence-corrected chi connectivity index (χ4v) is 0.782. The quantitative estimate of drug-likeness (QED) is 0.403. The van der Waals surface area contributed by atoms with Crippen molar-refractivity contribution in [1.29, 1.82) is 0 Å². The van der Waals surface area contributed by atoms with Gasteiger partial charge in [-0.1, -0.05) is 24.4 Å². The summed E-state index contributed by atoms with van der Waals surface area (Å²) in [4.78, 5) is 11.0. The average Bonchev–Trinajstić information content (AvgIpc) is 1.90.